The number of aryl methyl sites for hydroxylation is 1. The molecule has 0 spiro atoms. The summed E-state index contributed by atoms with van der Waals surface area (Å²) in [6, 6.07) is 15.9. The molecule has 0 radical (unpaired) electrons. The average molecular weight is 442 g/mol. The number of piperazine rings is 1. The van der Waals surface area contributed by atoms with Crippen LogP contribution in [-0.2, 0) is 7.05 Å². The Kier molecular flexibility index (Phi) is 6.13. The van der Waals surface area contributed by atoms with Gasteiger partial charge in [-0.2, -0.15) is 15.5 Å². The predicted octanol–water partition coefficient (Wildman–Crippen LogP) is 3.12. The Balaban J connectivity index is 1.70. The number of fused-ring (bicyclic) bond motifs is 1. The van der Waals surface area contributed by atoms with Crippen molar-refractivity contribution in [3.63, 3.8) is 0 Å². The summed E-state index contributed by atoms with van der Waals surface area (Å²) in [6.07, 6.45) is 0.934. The van der Waals surface area contributed by atoms with Gasteiger partial charge in [-0.05, 0) is 50.1 Å². The molecule has 8 heteroatoms. The lowest BCUT2D eigenvalue weighted by atomic mass is 9.98. The van der Waals surface area contributed by atoms with Crippen LogP contribution in [0, 0.1) is 22.7 Å². The summed E-state index contributed by atoms with van der Waals surface area (Å²) in [5.41, 5.74) is 3.04. The maximum absolute atomic E-state index is 12.6. The van der Waals surface area contributed by atoms with Crippen molar-refractivity contribution in [2.45, 2.75) is 45.3 Å². The summed E-state index contributed by atoms with van der Waals surface area (Å²) >= 11 is 0. The molecule has 1 unspecified atom stereocenters. The van der Waals surface area contributed by atoms with Crippen molar-refractivity contribution in [2.24, 2.45) is 7.05 Å². The van der Waals surface area contributed by atoms with E-state index < -0.39 is 0 Å². The molecule has 8 nitrogen and oxygen atoms in total. The predicted molar refractivity (Wildman–Crippen MR) is 127 cm³/mol. The van der Waals surface area contributed by atoms with E-state index in [2.05, 4.69) is 52.7 Å². The molecule has 1 saturated heterocycles. The van der Waals surface area contributed by atoms with Crippen molar-refractivity contribution < 1.29 is 0 Å². The molecule has 0 aliphatic carbocycles. The zero-order valence-corrected chi connectivity index (χ0v) is 19.4. The molecular formula is C25H27N7O. The van der Waals surface area contributed by atoms with E-state index in [9.17, 15) is 10.1 Å². The zero-order valence-electron chi connectivity index (χ0n) is 19.4. The first-order chi connectivity index (χ1) is 15.9. The standard InChI is InChI=1S/C25H27N7O/c1-5-21-15-31(16(2)14-32(21)17(3)19-8-6-18(12-26)7-9-19)24-23-22(30(4)25(33)29-24)11-10-20(13-27)28-23/h6-11,16-17,21H,5,14-15H2,1-4H3/t16-,17?,21+/m0/s1. The van der Waals surface area contributed by atoms with Gasteiger partial charge in [-0.15, -0.1) is 0 Å². The third kappa shape index (κ3) is 4.06. The van der Waals surface area contributed by atoms with E-state index in [1.54, 1.807) is 19.2 Å². The topological polar surface area (TPSA) is 102 Å². The Morgan fingerprint density at radius 3 is 2.45 bits per heavy atom. The summed E-state index contributed by atoms with van der Waals surface area (Å²) in [7, 11) is 1.67. The lowest BCUT2D eigenvalue weighted by molar-refractivity contribution is 0.106. The van der Waals surface area contributed by atoms with Gasteiger partial charge in [0, 0.05) is 38.3 Å². The minimum atomic E-state index is -0.336. The van der Waals surface area contributed by atoms with Gasteiger partial charge in [0.1, 0.15) is 17.3 Å². The van der Waals surface area contributed by atoms with Crippen LogP contribution in [0.2, 0.25) is 0 Å². The first-order valence-corrected chi connectivity index (χ1v) is 11.2. The van der Waals surface area contributed by atoms with Crippen LogP contribution in [-0.4, -0.2) is 44.6 Å². The normalized spacial score (nSPS) is 19.8. The molecule has 33 heavy (non-hydrogen) atoms. The summed E-state index contributed by atoms with van der Waals surface area (Å²) in [5.74, 6) is 0.543. The molecule has 4 rings (SSSR count). The second-order valence-electron chi connectivity index (χ2n) is 8.62. The van der Waals surface area contributed by atoms with Gasteiger partial charge in [0.15, 0.2) is 5.82 Å². The highest BCUT2D eigenvalue weighted by atomic mass is 16.1. The van der Waals surface area contributed by atoms with Crippen LogP contribution < -0.4 is 10.6 Å². The molecule has 1 aliphatic heterocycles. The number of nitrogens with zero attached hydrogens (tertiary/aromatic N) is 7. The first-order valence-electron chi connectivity index (χ1n) is 11.2. The fourth-order valence-electron chi connectivity index (χ4n) is 4.70. The second-order valence-corrected chi connectivity index (χ2v) is 8.62. The molecule has 0 saturated carbocycles. The number of hydrogen-bond acceptors (Lipinski definition) is 7. The molecule has 0 N–H and O–H groups in total. The molecule has 3 aromatic rings. The molecule has 168 valence electrons. The molecule has 3 heterocycles. The van der Waals surface area contributed by atoms with Crippen molar-refractivity contribution in [3.05, 3.63) is 63.7 Å². The molecule has 0 bridgehead atoms. The van der Waals surface area contributed by atoms with Crippen molar-refractivity contribution in [3.8, 4) is 12.1 Å². The number of rotatable bonds is 4. The third-order valence-electron chi connectivity index (χ3n) is 6.70. The summed E-state index contributed by atoms with van der Waals surface area (Å²) in [5, 5.41) is 18.4. The minimum absolute atomic E-state index is 0.0870. The molecule has 2 aromatic heterocycles. The molecule has 3 atom stereocenters. The average Bonchev–Trinajstić information content (AvgIpc) is 2.85. The Morgan fingerprint density at radius 1 is 1.09 bits per heavy atom. The number of anilines is 1. The third-order valence-corrected chi connectivity index (χ3v) is 6.70. The highest BCUT2D eigenvalue weighted by Gasteiger charge is 2.35. The fraction of sp³-hybridized carbons (Fsp3) is 0.400. The maximum atomic E-state index is 12.6. The van der Waals surface area contributed by atoms with Gasteiger partial charge in [0.2, 0.25) is 0 Å². The maximum Gasteiger partial charge on any atom is 0.349 e. The van der Waals surface area contributed by atoms with E-state index in [1.165, 1.54) is 10.1 Å². The highest BCUT2D eigenvalue weighted by molar-refractivity contribution is 5.86. The van der Waals surface area contributed by atoms with Crippen molar-refractivity contribution >= 4 is 16.9 Å². The molecule has 1 aromatic carbocycles. The van der Waals surface area contributed by atoms with Gasteiger partial charge < -0.3 is 4.90 Å². The minimum Gasteiger partial charge on any atom is -0.349 e. The van der Waals surface area contributed by atoms with Crippen LogP contribution in [0.1, 0.15) is 50.1 Å². The van der Waals surface area contributed by atoms with Gasteiger partial charge in [-0.25, -0.2) is 9.78 Å². The summed E-state index contributed by atoms with van der Waals surface area (Å²) in [4.78, 5) is 26.2. The van der Waals surface area contributed by atoms with E-state index in [0.29, 0.717) is 34.7 Å². The summed E-state index contributed by atoms with van der Waals surface area (Å²) in [6.45, 7) is 7.98. The van der Waals surface area contributed by atoms with E-state index >= 15 is 0 Å². The Morgan fingerprint density at radius 2 is 1.82 bits per heavy atom. The first kappa shape index (κ1) is 22.4. The monoisotopic (exact) mass is 441 g/mol. The summed E-state index contributed by atoms with van der Waals surface area (Å²) < 4.78 is 1.47. The largest absolute Gasteiger partial charge is 0.349 e. The molecule has 1 aliphatic rings. The number of hydrogen-bond donors (Lipinski definition) is 0. The van der Waals surface area contributed by atoms with Crippen molar-refractivity contribution in [1.29, 1.82) is 10.5 Å². The van der Waals surface area contributed by atoms with Gasteiger partial charge in [0.05, 0.1) is 17.1 Å². The van der Waals surface area contributed by atoms with Crippen LogP contribution >= 0.6 is 0 Å². The van der Waals surface area contributed by atoms with Crippen molar-refractivity contribution in [2.75, 3.05) is 18.0 Å². The van der Waals surface area contributed by atoms with Crippen LogP contribution in [0.25, 0.3) is 11.0 Å². The Bertz CT molecular complexity index is 1320. The highest BCUT2D eigenvalue weighted by Crippen LogP contribution is 2.32. The van der Waals surface area contributed by atoms with E-state index in [4.69, 9.17) is 5.26 Å². The lowest BCUT2D eigenvalue weighted by Crippen LogP contribution is -2.58. The van der Waals surface area contributed by atoms with Crippen molar-refractivity contribution in [1.82, 2.24) is 19.4 Å². The van der Waals surface area contributed by atoms with Gasteiger partial charge in [-0.1, -0.05) is 19.1 Å². The number of benzene rings is 1. The number of aromatic nitrogens is 3. The SMILES string of the molecule is CC[C@@H]1CN(c2nc(=O)n(C)c3ccc(C#N)nc23)[C@@H](C)CN1C(C)c1ccc(C#N)cc1. The van der Waals surface area contributed by atoms with E-state index in [-0.39, 0.29) is 23.8 Å². The van der Waals surface area contributed by atoms with Crippen LogP contribution in [0.15, 0.2) is 41.2 Å². The molecule has 1 fully saturated rings. The van der Waals surface area contributed by atoms with E-state index in [1.807, 2.05) is 24.3 Å². The van der Waals surface area contributed by atoms with E-state index in [0.717, 1.165) is 13.0 Å². The molecular weight excluding hydrogens is 414 g/mol. The van der Waals surface area contributed by atoms with Crippen LogP contribution in [0.5, 0.6) is 0 Å². The zero-order chi connectivity index (χ0) is 23.7. The number of pyridine rings is 1. The van der Waals surface area contributed by atoms with Gasteiger partial charge in [0.25, 0.3) is 0 Å². The fourth-order valence-corrected chi connectivity index (χ4v) is 4.70. The number of nitriles is 2. The van der Waals surface area contributed by atoms with Gasteiger partial charge in [-0.3, -0.25) is 9.47 Å². The van der Waals surface area contributed by atoms with Crippen LogP contribution in [0.4, 0.5) is 5.82 Å². The smallest absolute Gasteiger partial charge is 0.349 e. The quantitative estimate of drug-likeness (QED) is 0.613. The second kappa shape index (κ2) is 9.01. The van der Waals surface area contributed by atoms with Crippen LogP contribution in [0.3, 0.4) is 0 Å². The van der Waals surface area contributed by atoms with Gasteiger partial charge >= 0.3 is 5.69 Å². The molecule has 0 amide bonds. The Labute approximate surface area is 193 Å². The lowest BCUT2D eigenvalue weighted by Gasteiger charge is -2.48. The Hall–Kier alpha value is -3.75.